The lowest BCUT2D eigenvalue weighted by Gasteiger charge is -2.26. The molecule has 2 aromatic heterocycles. The van der Waals surface area contributed by atoms with Crippen LogP contribution in [-0.2, 0) is 16.6 Å². The predicted molar refractivity (Wildman–Crippen MR) is 145 cm³/mol. The van der Waals surface area contributed by atoms with E-state index in [0.29, 0.717) is 42.9 Å². The van der Waals surface area contributed by atoms with E-state index in [4.69, 9.17) is 0 Å². The molecule has 2 aromatic carbocycles. The van der Waals surface area contributed by atoms with Crippen molar-refractivity contribution in [2.75, 3.05) is 23.9 Å². The van der Waals surface area contributed by atoms with Gasteiger partial charge in [0.15, 0.2) is 5.82 Å². The monoisotopic (exact) mass is 603 g/mol. The average molecular weight is 604 g/mol. The highest BCUT2D eigenvalue weighted by atomic mass is 32.2. The van der Waals surface area contributed by atoms with Crippen LogP contribution in [0.5, 0.6) is 0 Å². The first-order valence-corrected chi connectivity index (χ1v) is 14.4. The van der Waals surface area contributed by atoms with Gasteiger partial charge < -0.3 is 10.0 Å². The summed E-state index contributed by atoms with van der Waals surface area (Å²) >= 11 is 0. The first-order valence-electron chi connectivity index (χ1n) is 13.0. The predicted octanol–water partition coefficient (Wildman–Crippen LogP) is 5.53. The highest BCUT2D eigenvalue weighted by Crippen LogP contribution is 2.39. The Morgan fingerprint density at radius 1 is 0.929 bits per heavy atom. The molecule has 1 aliphatic heterocycles. The van der Waals surface area contributed by atoms with Crippen molar-refractivity contribution < 1.29 is 35.9 Å². The van der Waals surface area contributed by atoms with Gasteiger partial charge in [0.2, 0.25) is 0 Å². The molecule has 0 spiro atoms. The number of halogens is 4. The van der Waals surface area contributed by atoms with E-state index < -0.39 is 59.8 Å². The fourth-order valence-electron chi connectivity index (χ4n) is 4.91. The topological polar surface area (TPSA) is 109 Å². The Bertz CT molecular complexity index is 1730. The Labute approximate surface area is 238 Å². The van der Waals surface area contributed by atoms with E-state index in [0.717, 1.165) is 32.4 Å². The Morgan fingerprint density at radius 2 is 1.62 bits per heavy atom. The SMILES string of the molecule is O=C(O)N(c1ccc(F)c(-c2nn(CCN3CCCCC3)cc2-c2ccncc2)c1F)S(=O)(=O)c1cc(F)ccc1F. The van der Waals surface area contributed by atoms with Gasteiger partial charge in [0.25, 0.3) is 10.0 Å². The van der Waals surface area contributed by atoms with Crippen LogP contribution in [0.4, 0.5) is 28.0 Å². The Balaban J connectivity index is 1.63. The van der Waals surface area contributed by atoms with Gasteiger partial charge in [-0.15, -0.1) is 0 Å². The minimum absolute atomic E-state index is 0.212. The number of rotatable bonds is 8. The number of hydrogen-bond acceptors (Lipinski definition) is 6. The van der Waals surface area contributed by atoms with Gasteiger partial charge in [-0.05, 0) is 74.0 Å². The third kappa shape index (κ3) is 5.72. The summed E-state index contributed by atoms with van der Waals surface area (Å²) in [7, 11) is -5.40. The molecule has 5 rings (SSSR count). The van der Waals surface area contributed by atoms with Gasteiger partial charge >= 0.3 is 6.09 Å². The van der Waals surface area contributed by atoms with Crippen LogP contribution in [0.25, 0.3) is 22.4 Å². The second-order valence-electron chi connectivity index (χ2n) is 9.67. The van der Waals surface area contributed by atoms with Gasteiger partial charge in [-0.1, -0.05) is 6.42 Å². The van der Waals surface area contributed by atoms with E-state index in [1.807, 2.05) is 0 Å². The van der Waals surface area contributed by atoms with Crippen LogP contribution < -0.4 is 4.31 Å². The average Bonchev–Trinajstić information content (AvgIpc) is 3.39. The normalized spacial score (nSPS) is 14.2. The van der Waals surface area contributed by atoms with Crippen LogP contribution in [0.2, 0.25) is 0 Å². The first kappa shape index (κ1) is 29.2. The smallest absolute Gasteiger partial charge is 0.426 e. The molecule has 1 saturated heterocycles. The number of pyridine rings is 1. The zero-order valence-corrected chi connectivity index (χ0v) is 22.9. The number of hydrogen-bond donors (Lipinski definition) is 1. The van der Waals surface area contributed by atoms with Gasteiger partial charge in [-0.25, -0.2) is 30.8 Å². The zero-order chi connectivity index (χ0) is 30.0. The van der Waals surface area contributed by atoms with Gasteiger partial charge in [-0.3, -0.25) is 9.67 Å². The molecule has 1 amide bonds. The van der Waals surface area contributed by atoms with Crippen LogP contribution in [-0.4, -0.2) is 58.9 Å². The standard InChI is InChI=1S/C28H25F4N5O4S/c29-19-4-5-21(30)24(16-19)42(40,41)37(28(38)39)23-7-6-22(31)25(26(23)32)27-20(18-8-10-33-11-9-18)17-36(34-27)15-14-35-12-2-1-3-13-35/h4-11,16-17H,1-3,12-15H2,(H,38,39). The summed E-state index contributed by atoms with van der Waals surface area (Å²) in [5.74, 6) is -5.35. The van der Waals surface area contributed by atoms with Crippen molar-refractivity contribution in [3.05, 3.63) is 84.3 Å². The molecule has 42 heavy (non-hydrogen) atoms. The fraction of sp³-hybridized carbons (Fsp3) is 0.250. The van der Waals surface area contributed by atoms with E-state index in [9.17, 15) is 27.1 Å². The minimum atomic E-state index is -5.40. The van der Waals surface area contributed by atoms with Crippen molar-refractivity contribution in [1.29, 1.82) is 0 Å². The summed E-state index contributed by atoms with van der Waals surface area (Å²) < 4.78 is 87.3. The molecular formula is C28H25F4N5O4S. The van der Waals surface area contributed by atoms with Crippen LogP contribution in [0.15, 0.2) is 66.0 Å². The first-order chi connectivity index (χ1) is 20.1. The van der Waals surface area contributed by atoms with Crippen molar-refractivity contribution in [2.24, 2.45) is 0 Å². The Morgan fingerprint density at radius 3 is 2.31 bits per heavy atom. The number of amides is 1. The highest BCUT2D eigenvalue weighted by molar-refractivity contribution is 7.93. The molecule has 3 heterocycles. The number of aromatic nitrogens is 3. The molecule has 220 valence electrons. The molecule has 0 unspecified atom stereocenters. The second kappa shape index (κ2) is 11.9. The van der Waals surface area contributed by atoms with Crippen molar-refractivity contribution in [2.45, 2.75) is 30.7 Å². The molecular weight excluding hydrogens is 578 g/mol. The number of sulfonamides is 1. The second-order valence-corrected chi connectivity index (χ2v) is 11.4. The molecule has 0 saturated carbocycles. The lowest BCUT2D eigenvalue weighted by molar-refractivity contribution is 0.206. The molecule has 0 bridgehead atoms. The largest absolute Gasteiger partial charge is 0.464 e. The minimum Gasteiger partial charge on any atom is -0.464 e. The summed E-state index contributed by atoms with van der Waals surface area (Å²) in [6, 6.07) is 5.87. The maximum Gasteiger partial charge on any atom is 0.426 e. The number of carboxylic acid groups (broad SMARTS) is 1. The van der Waals surface area contributed by atoms with E-state index in [1.165, 1.54) is 17.1 Å². The fourth-order valence-corrected chi connectivity index (χ4v) is 6.29. The van der Waals surface area contributed by atoms with Crippen molar-refractivity contribution in [3.63, 3.8) is 0 Å². The maximum absolute atomic E-state index is 16.2. The molecule has 4 aromatic rings. The van der Waals surface area contributed by atoms with Crippen molar-refractivity contribution >= 4 is 21.8 Å². The number of likely N-dealkylation sites (tertiary alicyclic amines) is 1. The molecule has 1 aliphatic rings. The molecule has 14 heteroatoms. The van der Waals surface area contributed by atoms with Gasteiger partial charge in [0.1, 0.15) is 33.7 Å². The number of anilines is 1. The maximum atomic E-state index is 16.2. The number of nitrogens with zero attached hydrogens (tertiary/aromatic N) is 5. The Hall–Kier alpha value is -4.30. The quantitative estimate of drug-likeness (QED) is 0.264. The van der Waals surface area contributed by atoms with Crippen LogP contribution >= 0.6 is 0 Å². The molecule has 0 atom stereocenters. The molecule has 0 radical (unpaired) electrons. The number of carbonyl (C=O) groups is 1. The molecule has 9 nitrogen and oxygen atoms in total. The van der Waals surface area contributed by atoms with E-state index in [1.54, 1.807) is 18.3 Å². The summed E-state index contributed by atoms with van der Waals surface area (Å²) in [6.07, 6.45) is 5.60. The number of piperidine rings is 1. The van der Waals surface area contributed by atoms with E-state index in [2.05, 4.69) is 15.0 Å². The van der Waals surface area contributed by atoms with Gasteiger partial charge in [-0.2, -0.15) is 9.40 Å². The van der Waals surface area contributed by atoms with Crippen LogP contribution in [0.3, 0.4) is 0 Å². The van der Waals surface area contributed by atoms with Crippen molar-refractivity contribution in [1.82, 2.24) is 19.7 Å². The Kier molecular flexibility index (Phi) is 8.27. The summed E-state index contributed by atoms with van der Waals surface area (Å²) in [5.41, 5.74) is -1.34. The lowest BCUT2D eigenvalue weighted by Crippen LogP contribution is -2.37. The zero-order valence-electron chi connectivity index (χ0n) is 22.1. The van der Waals surface area contributed by atoms with Crippen molar-refractivity contribution in [3.8, 4) is 22.4 Å². The highest BCUT2D eigenvalue weighted by Gasteiger charge is 2.37. The molecule has 0 aliphatic carbocycles. The summed E-state index contributed by atoms with van der Waals surface area (Å²) in [4.78, 5) is 17.0. The van der Waals surface area contributed by atoms with E-state index >= 15 is 8.78 Å². The molecule has 1 N–H and O–H groups in total. The summed E-state index contributed by atoms with van der Waals surface area (Å²) in [6.45, 7) is 2.85. The lowest BCUT2D eigenvalue weighted by atomic mass is 10.0. The van der Waals surface area contributed by atoms with Gasteiger partial charge in [0, 0.05) is 30.7 Å². The summed E-state index contributed by atoms with van der Waals surface area (Å²) in [5, 5.41) is 14.2. The number of benzene rings is 2. The van der Waals surface area contributed by atoms with E-state index in [-0.39, 0.29) is 17.3 Å². The van der Waals surface area contributed by atoms with Gasteiger partial charge in [0.05, 0.1) is 12.1 Å². The van der Waals surface area contributed by atoms with Crippen LogP contribution in [0, 0.1) is 23.3 Å². The third-order valence-corrected chi connectivity index (χ3v) is 8.66. The molecule has 1 fully saturated rings. The van der Waals surface area contributed by atoms with Crippen LogP contribution in [0.1, 0.15) is 19.3 Å². The third-order valence-electron chi connectivity index (χ3n) is 6.96.